The van der Waals surface area contributed by atoms with Crippen LogP contribution in [0.1, 0.15) is 0 Å². The van der Waals surface area contributed by atoms with Crippen molar-refractivity contribution in [2.24, 2.45) is 0 Å². The topological polar surface area (TPSA) is 78.3 Å². The summed E-state index contributed by atoms with van der Waals surface area (Å²) in [5.41, 5.74) is 2.37. The number of carbonyl (C=O) groups excluding carboxylic acids is 1. The lowest BCUT2D eigenvalue weighted by molar-refractivity contribution is -0.113. The number of halogens is 1. The van der Waals surface area contributed by atoms with E-state index >= 15 is 0 Å². The van der Waals surface area contributed by atoms with E-state index in [1.54, 1.807) is 31.4 Å². The van der Waals surface area contributed by atoms with Gasteiger partial charge in [0.25, 0.3) is 0 Å². The van der Waals surface area contributed by atoms with Gasteiger partial charge in [0, 0.05) is 22.0 Å². The normalized spacial score (nSPS) is 10.7. The van der Waals surface area contributed by atoms with Crippen molar-refractivity contribution >= 4 is 35.0 Å². The Labute approximate surface area is 229 Å². The molecule has 0 fully saturated rings. The van der Waals surface area contributed by atoms with E-state index in [1.807, 2.05) is 83.4 Å². The third-order valence-corrected chi connectivity index (χ3v) is 6.70. The van der Waals surface area contributed by atoms with Crippen molar-refractivity contribution in [1.82, 2.24) is 14.8 Å². The van der Waals surface area contributed by atoms with E-state index in [1.165, 1.54) is 11.8 Å². The van der Waals surface area contributed by atoms with Gasteiger partial charge in [0.1, 0.15) is 17.2 Å². The number of carbonyl (C=O) groups is 1. The zero-order chi connectivity index (χ0) is 26.3. The molecule has 190 valence electrons. The lowest BCUT2D eigenvalue weighted by Crippen LogP contribution is -2.14. The van der Waals surface area contributed by atoms with Crippen LogP contribution in [-0.4, -0.2) is 33.5 Å². The molecule has 0 unspecified atom stereocenters. The predicted molar refractivity (Wildman–Crippen MR) is 151 cm³/mol. The van der Waals surface area contributed by atoms with Gasteiger partial charge in [-0.15, -0.1) is 10.2 Å². The third kappa shape index (κ3) is 6.16. The Balaban J connectivity index is 1.29. The summed E-state index contributed by atoms with van der Waals surface area (Å²) in [7, 11) is 1.62. The summed E-state index contributed by atoms with van der Waals surface area (Å²) in [5.74, 6) is 2.81. The van der Waals surface area contributed by atoms with Gasteiger partial charge in [-0.25, -0.2) is 0 Å². The fraction of sp³-hybridized carbons (Fsp3) is 0.0690. The highest BCUT2D eigenvalue weighted by molar-refractivity contribution is 7.99. The van der Waals surface area contributed by atoms with Crippen molar-refractivity contribution in [3.63, 3.8) is 0 Å². The van der Waals surface area contributed by atoms with E-state index in [0.717, 1.165) is 22.7 Å². The summed E-state index contributed by atoms with van der Waals surface area (Å²) in [6, 6.07) is 31.7. The van der Waals surface area contributed by atoms with Crippen LogP contribution in [0, 0.1) is 0 Å². The second kappa shape index (κ2) is 11.9. The number of aromatic nitrogens is 3. The molecule has 1 heterocycles. The van der Waals surface area contributed by atoms with Crippen molar-refractivity contribution in [3.8, 4) is 34.3 Å². The lowest BCUT2D eigenvalue weighted by Gasteiger charge is -2.11. The van der Waals surface area contributed by atoms with Crippen LogP contribution in [0.15, 0.2) is 108 Å². The number of hydrogen-bond donors (Lipinski definition) is 1. The Bertz CT molecular complexity index is 1510. The van der Waals surface area contributed by atoms with E-state index in [9.17, 15) is 4.79 Å². The molecule has 0 aliphatic heterocycles. The number of para-hydroxylation sites is 1. The standard InChI is InChI=1S/C29H23ClN4O3S/c1-36-24-15-7-20(8-16-24)28-32-33-29(34(28)23-13-9-21(30)10-14-23)38-19-27(35)31-22-11-17-26(18-12-22)37-25-5-3-2-4-6-25/h2-18H,19H2,1H3,(H,31,35). The number of amides is 1. The van der Waals surface area contributed by atoms with E-state index in [-0.39, 0.29) is 11.7 Å². The summed E-state index contributed by atoms with van der Waals surface area (Å²) in [5, 5.41) is 12.9. The quantitative estimate of drug-likeness (QED) is 0.200. The molecule has 0 saturated carbocycles. The number of methoxy groups -OCH3 is 1. The second-order valence-electron chi connectivity index (χ2n) is 8.12. The van der Waals surface area contributed by atoms with Crippen molar-refractivity contribution in [2.45, 2.75) is 5.16 Å². The Morgan fingerprint density at radius 2 is 1.50 bits per heavy atom. The average Bonchev–Trinajstić information content (AvgIpc) is 3.38. The molecule has 0 spiro atoms. The monoisotopic (exact) mass is 542 g/mol. The van der Waals surface area contributed by atoms with Gasteiger partial charge in [-0.2, -0.15) is 0 Å². The molecule has 9 heteroatoms. The Hall–Kier alpha value is -4.27. The minimum absolute atomic E-state index is 0.149. The van der Waals surface area contributed by atoms with Crippen LogP contribution in [0.5, 0.6) is 17.2 Å². The summed E-state index contributed by atoms with van der Waals surface area (Å²) >= 11 is 7.41. The van der Waals surface area contributed by atoms with Gasteiger partial charge in [-0.1, -0.05) is 41.6 Å². The minimum Gasteiger partial charge on any atom is -0.497 e. The molecular formula is C29H23ClN4O3S. The van der Waals surface area contributed by atoms with Crippen molar-refractivity contribution < 1.29 is 14.3 Å². The Kier molecular flexibility index (Phi) is 7.92. The van der Waals surface area contributed by atoms with Crippen LogP contribution >= 0.6 is 23.4 Å². The first-order valence-corrected chi connectivity index (χ1v) is 13.1. The number of nitrogens with one attached hydrogen (secondary N) is 1. The van der Waals surface area contributed by atoms with Gasteiger partial charge in [0.05, 0.1) is 12.9 Å². The second-order valence-corrected chi connectivity index (χ2v) is 9.50. The van der Waals surface area contributed by atoms with Crippen LogP contribution in [0.3, 0.4) is 0 Å². The fourth-order valence-corrected chi connectivity index (χ4v) is 4.55. The molecule has 4 aromatic carbocycles. The summed E-state index contributed by atoms with van der Waals surface area (Å²) in [6.45, 7) is 0. The molecular weight excluding hydrogens is 520 g/mol. The summed E-state index contributed by atoms with van der Waals surface area (Å²) in [6.07, 6.45) is 0. The first kappa shape index (κ1) is 25.4. The first-order chi connectivity index (χ1) is 18.6. The zero-order valence-electron chi connectivity index (χ0n) is 20.4. The Morgan fingerprint density at radius 1 is 0.842 bits per heavy atom. The average molecular weight is 543 g/mol. The first-order valence-electron chi connectivity index (χ1n) is 11.7. The van der Waals surface area contributed by atoms with Gasteiger partial charge in [-0.05, 0) is 84.9 Å². The molecule has 0 radical (unpaired) electrons. The van der Waals surface area contributed by atoms with E-state index in [0.29, 0.717) is 27.4 Å². The third-order valence-electron chi connectivity index (χ3n) is 5.52. The smallest absolute Gasteiger partial charge is 0.234 e. The minimum atomic E-state index is -0.164. The maximum Gasteiger partial charge on any atom is 0.234 e. The maximum atomic E-state index is 12.7. The molecule has 7 nitrogen and oxygen atoms in total. The van der Waals surface area contributed by atoms with Crippen LogP contribution in [-0.2, 0) is 4.79 Å². The molecule has 38 heavy (non-hydrogen) atoms. The number of thioether (sulfide) groups is 1. The number of hydrogen-bond acceptors (Lipinski definition) is 6. The van der Waals surface area contributed by atoms with Crippen LogP contribution in [0.4, 0.5) is 5.69 Å². The maximum absolute atomic E-state index is 12.7. The van der Waals surface area contributed by atoms with Crippen LogP contribution < -0.4 is 14.8 Å². The molecule has 0 aliphatic carbocycles. The Morgan fingerprint density at radius 3 is 2.18 bits per heavy atom. The molecule has 1 aromatic heterocycles. The number of rotatable bonds is 9. The fourth-order valence-electron chi connectivity index (χ4n) is 3.67. The zero-order valence-corrected chi connectivity index (χ0v) is 21.9. The van der Waals surface area contributed by atoms with Crippen molar-refractivity contribution in [1.29, 1.82) is 0 Å². The highest BCUT2D eigenvalue weighted by atomic mass is 35.5. The predicted octanol–water partition coefficient (Wildman–Crippen LogP) is 7.12. The molecule has 0 atom stereocenters. The van der Waals surface area contributed by atoms with Gasteiger partial charge in [0.2, 0.25) is 5.91 Å². The molecule has 0 bridgehead atoms. The van der Waals surface area contributed by atoms with Gasteiger partial charge < -0.3 is 14.8 Å². The molecule has 1 N–H and O–H groups in total. The number of benzene rings is 4. The van der Waals surface area contributed by atoms with Crippen LogP contribution in [0.25, 0.3) is 17.1 Å². The lowest BCUT2D eigenvalue weighted by atomic mass is 10.2. The molecule has 0 saturated heterocycles. The van der Waals surface area contributed by atoms with Crippen molar-refractivity contribution in [3.05, 3.63) is 108 Å². The molecule has 5 rings (SSSR count). The largest absolute Gasteiger partial charge is 0.497 e. The van der Waals surface area contributed by atoms with Crippen LogP contribution in [0.2, 0.25) is 5.02 Å². The van der Waals surface area contributed by atoms with Gasteiger partial charge in [-0.3, -0.25) is 9.36 Å². The van der Waals surface area contributed by atoms with Gasteiger partial charge in [0.15, 0.2) is 11.0 Å². The van der Waals surface area contributed by atoms with E-state index < -0.39 is 0 Å². The molecule has 0 aliphatic rings. The number of anilines is 1. The van der Waals surface area contributed by atoms with Crippen molar-refractivity contribution in [2.75, 3.05) is 18.2 Å². The summed E-state index contributed by atoms with van der Waals surface area (Å²) < 4.78 is 13.0. The van der Waals surface area contributed by atoms with Gasteiger partial charge >= 0.3 is 0 Å². The molecule has 1 amide bonds. The highest BCUT2D eigenvalue weighted by Crippen LogP contribution is 2.30. The highest BCUT2D eigenvalue weighted by Gasteiger charge is 2.18. The number of nitrogens with zero attached hydrogens (tertiary/aromatic N) is 3. The van der Waals surface area contributed by atoms with E-state index in [4.69, 9.17) is 21.1 Å². The SMILES string of the molecule is COc1ccc(-c2nnc(SCC(=O)Nc3ccc(Oc4ccccc4)cc3)n2-c2ccc(Cl)cc2)cc1. The number of ether oxygens (including phenoxy) is 2. The molecule has 5 aromatic rings. The van der Waals surface area contributed by atoms with E-state index in [2.05, 4.69) is 15.5 Å². The summed E-state index contributed by atoms with van der Waals surface area (Å²) in [4.78, 5) is 12.7.